The minimum Gasteiger partial charge on any atom is -0.390 e. The molecule has 0 unspecified atom stereocenters. The topological polar surface area (TPSA) is 62.2 Å². The van der Waals surface area contributed by atoms with E-state index in [4.69, 9.17) is 5.11 Å². The molecule has 1 heterocycles. The quantitative estimate of drug-likeness (QED) is 0.726. The molecule has 0 atom stereocenters. The molecule has 0 aliphatic rings. The summed E-state index contributed by atoms with van der Waals surface area (Å²) < 4.78 is 0. The lowest BCUT2D eigenvalue weighted by Crippen LogP contribution is -2.11. The van der Waals surface area contributed by atoms with Crippen molar-refractivity contribution in [2.75, 3.05) is 5.32 Å². The summed E-state index contributed by atoms with van der Waals surface area (Å²) in [4.78, 5) is 16.1. The molecule has 3 aromatic rings. The third-order valence-corrected chi connectivity index (χ3v) is 3.51. The zero-order valence-electron chi connectivity index (χ0n) is 13.4. The number of aliphatic hydroxyl groups is 1. The van der Waals surface area contributed by atoms with Crippen LogP contribution in [0.4, 0.5) is 5.69 Å². The highest BCUT2D eigenvalue weighted by Crippen LogP contribution is 2.11. The van der Waals surface area contributed by atoms with E-state index in [1.807, 2.05) is 42.5 Å². The van der Waals surface area contributed by atoms with E-state index >= 15 is 0 Å². The van der Waals surface area contributed by atoms with E-state index in [0.29, 0.717) is 16.9 Å². The van der Waals surface area contributed by atoms with Crippen LogP contribution in [0, 0.1) is 11.8 Å². The molecule has 4 heteroatoms. The fraction of sp³-hybridized carbons (Fsp3) is 0.0476. The van der Waals surface area contributed by atoms with Crippen molar-refractivity contribution < 1.29 is 9.90 Å². The first-order valence-electron chi connectivity index (χ1n) is 7.79. The molecule has 2 aromatic carbocycles. The third-order valence-electron chi connectivity index (χ3n) is 3.51. The van der Waals surface area contributed by atoms with E-state index in [2.05, 4.69) is 22.1 Å². The molecule has 0 saturated carbocycles. The second-order valence-electron chi connectivity index (χ2n) is 5.34. The Hall–Kier alpha value is -3.42. The van der Waals surface area contributed by atoms with Crippen molar-refractivity contribution in [3.63, 3.8) is 0 Å². The molecule has 0 fully saturated rings. The number of rotatable bonds is 3. The Kier molecular flexibility index (Phi) is 5.20. The van der Waals surface area contributed by atoms with Crippen LogP contribution in [0.15, 0.2) is 72.9 Å². The smallest absolute Gasteiger partial charge is 0.255 e. The van der Waals surface area contributed by atoms with Crippen LogP contribution in [0.1, 0.15) is 27.2 Å². The summed E-state index contributed by atoms with van der Waals surface area (Å²) in [6.45, 7) is -0.106. The normalized spacial score (nSPS) is 9.80. The zero-order valence-corrected chi connectivity index (χ0v) is 13.4. The van der Waals surface area contributed by atoms with Gasteiger partial charge in [0.05, 0.1) is 12.3 Å². The van der Waals surface area contributed by atoms with Gasteiger partial charge in [-0.25, -0.2) is 0 Å². The molecule has 25 heavy (non-hydrogen) atoms. The van der Waals surface area contributed by atoms with Gasteiger partial charge in [0.15, 0.2) is 0 Å². The summed E-state index contributed by atoms with van der Waals surface area (Å²) in [5.41, 5.74) is 3.54. The molecule has 0 bridgehead atoms. The number of aliphatic hydroxyl groups excluding tert-OH is 1. The van der Waals surface area contributed by atoms with Gasteiger partial charge in [-0.3, -0.25) is 9.78 Å². The van der Waals surface area contributed by atoms with Gasteiger partial charge in [-0.05, 0) is 48.5 Å². The van der Waals surface area contributed by atoms with Crippen LogP contribution in [-0.2, 0) is 6.61 Å². The fourth-order valence-electron chi connectivity index (χ4n) is 2.22. The lowest BCUT2D eigenvalue weighted by atomic mass is 10.1. The second kappa shape index (κ2) is 7.91. The number of anilines is 1. The zero-order chi connectivity index (χ0) is 17.5. The standard InChI is InChI=1S/C21H16N2O2/c24-15-20-14-17(12-13-22-20)7-6-16-8-10-19(11-9-16)23-21(25)18-4-2-1-3-5-18/h1-5,8-14,24H,15H2,(H,23,25). The van der Waals surface area contributed by atoms with Crippen molar-refractivity contribution in [2.24, 2.45) is 0 Å². The van der Waals surface area contributed by atoms with Crippen molar-refractivity contribution in [3.8, 4) is 11.8 Å². The first kappa shape index (κ1) is 16.4. The van der Waals surface area contributed by atoms with E-state index in [1.165, 1.54) is 0 Å². The predicted octanol–water partition coefficient (Wildman–Crippen LogP) is 3.23. The average Bonchev–Trinajstić information content (AvgIpc) is 2.68. The second-order valence-corrected chi connectivity index (χ2v) is 5.34. The molecule has 122 valence electrons. The van der Waals surface area contributed by atoms with Gasteiger partial charge in [0, 0.05) is 28.6 Å². The molecule has 0 radical (unpaired) electrons. The summed E-state index contributed by atoms with van der Waals surface area (Å²) in [5, 5.41) is 11.9. The minimum absolute atomic E-state index is 0.106. The number of aromatic nitrogens is 1. The SMILES string of the molecule is O=C(Nc1ccc(C#Cc2ccnc(CO)c2)cc1)c1ccccc1. The number of benzene rings is 2. The van der Waals surface area contributed by atoms with Gasteiger partial charge in [-0.1, -0.05) is 30.0 Å². The lowest BCUT2D eigenvalue weighted by molar-refractivity contribution is 0.102. The first-order valence-corrected chi connectivity index (χ1v) is 7.79. The number of amides is 1. The Labute approximate surface area is 146 Å². The highest BCUT2D eigenvalue weighted by molar-refractivity contribution is 6.04. The van der Waals surface area contributed by atoms with Gasteiger partial charge < -0.3 is 10.4 Å². The van der Waals surface area contributed by atoms with Crippen LogP contribution in [0.25, 0.3) is 0 Å². The van der Waals surface area contributed by atoms with Gasteiger partial charge in [0.25, 0.3) is 5.91 Å². The van der Waals surface area contributed by atoms with Crippen molar-refractivity contribution in [1.29, 1.82) is 0 Å². The molecule has 0 saturated heterocycles. The molecular formula is C21H16N2O2. The number of hydrogen-bond donors (Lipinski definition) is 2. The first-order chi connectivity index (χ1) is 12.2. The Balaban J connectivity index is 1.68. The van der Waals surface area contributed by atoms with Gasteiger partial charge in [-0.2, -0.15) is 0 Å². The molecule has 0 aliphatic heterocycles. The maximum absolute atomic E-state index is 12.1. The Morgan fingerprint density at radius 2 is 1.68 bits per heavy atom. The molecular weight excluding hydrogens is 312 g/mol. The number of hydrogen-bond acceptors (Lipinski definition) is 3. The van der Waals surface area contributed by atoms with Crippen molar-refractivity contribution >= 4 is 11.6 Å². The van der Waals surface area contributed by atoms with Gasteiger partial charge in [0.2, 0.25) is 0 Å². The summed E-state index contributed by atoms with van der Waals surface area (Å²) >= 11 is 0. The number of carbonyl (C=O) groups is 1. The molecule has 0 spiro atoms. The molecule has 1 amide bonds. The van der Waals surface area contributed by atoms with Crippen LogP contribution in [-0.4, -0.2) is 16.0 Å². The van der Waals surface area contributed by atoms with E-state index in [9.17, 15) is 4.79 Å². The van der Waals surface area contributed by atoms with Crippen molar-refractivity contribution in [3.05, 3.63) is 95.3 Å². The summed E-state index contributed by atoms with van der Waals surface area (Å²) in [6, 6.07) is 19.9. The van der Waals surface area contributed by atoms with Crippen molar-refractivity contribution in [2.45, 2.75) is 6.61 Å². The molecule has 1 aromatic heterocycles. The van der Waals surface area contributed by atoms with Crippen LogP contribution >= 0.6 is 0 Å². The van der Waals surface area contributed by atoms with Crippen LogP contribution in [0.3, 0.4) is 0 Å². The summed E-state index contributed by atoms with van der Waals surface area (Å²) in [6.07, 6.45) is 1.62. The van der Waals surface area contributed by atoms with Gasteiger partial charge in [0.1, 0.15) is 0 Å². The number of nitrogens with one attached hydrogen (secondary N) is 1. The predicted molar refractivity (Wildman–Crippen MR) is 97.0 cm³/mol. The van der Waals surface area contributed by atoms with Crippen molar-refractivity contribution in [1.82, 2.24) is 4.98 Å². The van der Waals surface area contributed by atoms with Crippen LogP contribution in [0.5, 0.6) is 0 Å². The van der Waals surface area contributed by atoms with Crippen LogP contribution in [0.2, 0.25) is 0 Å². The van der Waals surface area contributed by atoms with Crippen LogP contribution < -0.4 is 5.32 Å². The molecule has 3 rings (SSSR count). The Morgan fingerprint density at radius 1 is 0.960 bits per heavy atom. The fourth-order valence-corrected chi connectivity index (χ4v) is 2.22. The van der Waals surface area contributed by atoms with Gasteiger partial charge in [-0.15, -0.1) is 0 Å². The molecule has 4 nitrogen and oxygen atoms in total. The maximum Gasteiger partial charge on any atom is 0.255 e. The monoisotopic (exact) mass is 328 g/mol. The van der Waals surface area contributed by atoms with E-state index in [1.54, 1.807) is 30.5 Å². The lowest BCUT2D eigenvalue weighted by Gasteiger charge is -2.05. The van der Waals surface area contributed by atoms with E-state index in [-0.39, 0.29) is 12.5 Å². The summed E-state index contributed by atoms with van der Waals surface area (Å²) in [7, 11) is 0. The molecule has 2 N–H and O–H groups in total. The Bertz CT molecular complexity index is 923. The number of carbonyl (C=O) groups excluding carboxylic acids is 1. The van der Waals surface area contributed by atoms with E-state index in [0.717, 1.165) is 11.1 Å². The highest BCUT2D eigenvalue weighted by Gasteiger charge is 2.04. The highest BCUT2D eigenvalue weighted by atomic mass is 16.3. The van der Waals surface area contributed by atoms with Gasteiger partial charge >= 0.3 is 0 Å². The Morgan fingerprint density at radius 3 is 2.40 bits per heavy atom. The average molecular weight is 328 g/mol. The number of nitrogens with zero attached hydrogens (tertiary/aromatic N) is 1. The third kappa shape index (κ3) is 4.54. The molecule has 0 aliphatic carbocycles. The summed E-state index contributed by atoms with van der Waals surface area (Å²) in [5.74, 6) is 5.94. The maximum atomic E-state index is 12.1. The van der Waals surface area contributed by atoms with E-state index < -0.39 is 0 Å². The minimum atomic E-state index is -0.146. The largest absolute Gasteiger partial charge is 0.390 e. The number of pyridine rings is 1.